The van der Waals surface area contributed by atoms with E-state index in [1.54, 1.807) is 31.2 Å². The third kappa shape index (κ3) is 4.57. The van der Waals surface area contributed by atoms with Gasteiger partial charge < -0.3 is 10.2 Å². The summed E-state index contributed by atoms with van der Waals surface area (Å²) < 4.78 is 14.5. The van der Waals surface area contributed by atoms with Crippen molar-refractivity contribution in [3.63, 3.8) is 0 Å². The molecule has 3 amide bonds. The van der Waals surface area contributed by atoms with Crippen LogP contribution in [0.5, 0.6) is 0 Å². The molecule has 1 aliphatic carbocycles. The zero-order valence-corrected chi connectivity index (χ0v) is 20.4. The number of anilines is 1. The van der Waals surface area contributed by atoms with Gasteiger partial charge in [0.1, 0.15) is 18.4 Å². The quantitative estimate of drug-likeness (QED) is 0.520. The highest BCUT2D eigenvalue weighted by molar-refractivity contribution is 6.26. The first-order chi connectivity index (χ1) is 17.4. The van der Waals surface area contributed by atoms with E-state index in [4.69, 9.17) is 0 Å². The topological polar surface area (TPSA) is 69.7 Å². The van der Waals surface area contributed by atoms with Gasteiger partial charge in [-0.2, -0.15) is 0 Å². The number of amides is 3. The van der Waals surface area contributed by atoms with Crippen molar-refractivity contribution in [3.05, 3.63) is 77.6 Å². The molecule has 0 radical (unpaired) electrons. The average Bonchev–Trinajstić information content (AvgIpc) is 3.16. The summed E-state index contributed by atoms with van der Waals surface area (Å²) in [4.78, 5) is 43.0. The molecule has 1 atom stereocenters. The highest BCUT2D eigenvalue weighted by atomic mass is 19.1. The van der Waals surface area contributed by atoms with Crippen molar-refractivity contribution in [3.8, 4) is 0 Å². The molecule has 1 fully saturated rings. The van der Waals surface area contributed by atoms with Crippen LogP contribution in [0.3, 0.4) is 0 Å². The molecule has 3 aromatic carbocycles. The second kappa shape index (κ2) is 10.1. The van der Waals surface area contributed by atoms with Crippen LogP contribution in [-0.4, -0.2) is 41.2 Å². The van der Waals surface area contributed by atoms with Crippen LogP contribution in [0, 0.1) is 5.82 Å². The second-order valence-corrected chi connectivity index (χ2v) is 9.70. The van der Waals surface area contributed by atoms with Gasteiger partial charge in [0.25, 0.3) is 5.91 Å². The van der Waals surface area contributed by atoms with Gasteiger partial charge >= 0.3 is 0 Å². The fraction of sp³-hybridized carbons (Fsp3) is 0.345. The molecule has 1 saturated carbocycles. The summed E-state index contributed by atoms with van der Waals surface area (Å²) in [6, 6.07) is 16.6. The molecule has 0 aromatic heterocycles. The first kappa shape index (κ1) is 24.0. The molecule has 0 saturated heterocycles. The Morgan fingerprint density at radius 3 is 2.50 bits per heavy atom. The lowest BCUT2D eigenvalue weighted by atomic mass is 9.95. The Morgan fingerprint density at radius 2 is 1.75 bits per heavy atom. The molecule has 3 aromatic rings. The minimum Gasteiger partial charge on any atom is -0.352 e. The van der Waals surface area contributed by atoms with Crippen LogP contribution in [0.25, 0.3) is 10.8 Å². The lowest BCUT2D eigenvalue weighted by Gasteiger charge is -2.32. The predicted octanol–water partition coefficient (Wildman–Crippen LogP) is 4.81. The zero-order chi connectivity index (χ0) is 25.2. The van der Waals surface area contributed by atoms with Crippen molar-refractivity contribution >= 4 is 34.2 Å². The molecule has 1 heterocycles. The van der Waals surface area contributed by atoms with Crippen LogP contribution in [0.1, 0.15) is 54.9 Å². The van der Waals surface area contributed by atoms with Gasteiger partial charge in [-0.3, -0.25) is 19.3 Å². The summed E-state index contributed by atoms with van der Waals surface area (Å²) in [6.45, 7) is 1.37. The van der Waals surface area contributed by atoms with E-state index in [0.29, 0.717) is 16.8 Å². The van der Waals surface area contributed by atoms with Gasteiger partial charge in [-0.25, -0.2) is 4.39 Å². The summed E-state index contributed by atoms with van der Waals surface area (Å²) in [6.07, 6.45) is 5.15. The van der Waals surface area contributed by atoms with Gasteiger partial charge in [-0.1, -0.05) is 61.7 Å². The normalized spacial score (nSPS) is 16.3. The molecule has 2 aliphatic rings. The van der Waals surface area contributed by atoms with E-state index in [1.165, 1.54) is 22.3 Å². The Labute approximate surface area is 210 Å². The van der Waals surface area contributed by atoms with E-state index in [0.717, 1.165) is 36.5 Å². The Kier molecular flexibility index (Phi) is 6.72. The summed E-state index contributed by atoms with van der Waals surface area (Å²) >= 11 is 0. The van der Waals surface area contributed by atoms with Crippen molar-refractivity contribution < 1.29 is 18.8 Å². The van der Waals surface area contributed by atoms with Crippen LogP contribution in [0.15, 0.2) is 60.7 Å². The summed E-state index contributed by atoms with van der Waals surface area (Å²) in [7, 11) is 0. The smallest absolute Gasteiger partial charge is 0.259 e. The Bertz CT molecular complexity index is 1310. The maximum atomic E-state index is 14.5. The fourth-order valence-corrected chi connectivity index (χ4v) is 5.32. The number of nitrogens with one attached hydrogen (secondary N) is 1. The van der Waals surface area contributed by atoms with Gasteiger partial charge in [0.2, 0.25) is 11.8 Å². The SMILES string of the molecule is C[C@@H](C(=O)NC1CCCCC1)N(Cc1ccccc1F)C(=O)CN1C(=O)c2cccc3cccc1c23. The Morgan fingerprint density at radius 1 is 1.03 bits per heavy atom. The molecule has 6 nitrogen and oxygen atoms in total. The van der Waals surface area contributed by atoms with Crippen LogP contribution >= 0.6 is 0 Å². The highest BCUT2D eigenvalue weighted by Gasteiger charge is 2.35. The first-order valence-electron chi connectivity index (χ1n) is 12.6. The minimum atomic E-state index is -0.824. The van der Waals surface area contributed by atoms with Crippen molar-refractivity contribution in [2.75, 3.05) is 11.4 Å². The largest absolute Gasteiger partial charge is 0.352 e. The molecule has 1 aliphatic heterocycles. The van der Waals surface area contributed by atoms with Crippen molar-refractivity contribution in [2.45, 2.75) is 57.7 Å². The van der Waals surface area contributed by atoms with E-state index in [9.17, 15) is 18.8 Å². The number of rotatable bonds is 7. The molecule has 36 heavy (non-hydrogen) atoms. The van der Waals surface area contributed by atoms with E-state index >= 15 is 0 Å². The number of hydrogen-bond acceptors (Lipinski definition) is 3. The van der Waals surface area contributed by atoms with Crippen molar-refractivity contribution in [2.24, 2.45) is 0 Å². The van der Waals surface area contributed by atoms with Gasteiger partial charge in [0, 0.05) is 29.1 Å². The number of halogens is 1. The highest BCUT2D eigenvalue weighted by Crippen LogP contribution is 2.37. The maximum Gasteiger partial charge on any atom is 0.259 e. The van der Waals surface area contributed by atoms with Gasteiger partial charge in [0.05, 0.1) is 5.69 Å². The molecule has 0 unspecified atom stereocenters. The number of carbonyl (C=O) groups excluding carboxylic acids is 3. The monoisotopic (exact) mass is 487 g/mol. The molecule has 0 bridgehead atoms. The fourth-order valence-electron chi connectivity index (χ4n) is 5.32. The van der Waals surface area contributed by atoms with Crippen LogP contribution in [-0.2, 0) is 16.1 Å². The zero-order valence-electron chi connectivity index (χ0n) is 20.4. The van der Waals surface area contributed by atoms with E-state index in [2.05, 4.69) is 5.32 Å². The number of benzene rings is 3. The van der Waals surface area contributed by atoms with Crippen LogP contribution < -0.4 is 10.2 Å². The van der Waals surface area contributed by atoms with Crippen LogP contribution in [0.2, 0.25) is 0 Å². The average molecular weight is 488 g/mol. The van der Waals surface area contributed by atoms with E-state index in [1.807, 2.05) is 30.3 Å². The third-order valence-corrected chi connectivity index (χ3v) is 7.36. The maximum absolute atomic E-state index is 14.5. The minimum absolute atomic E-state index is 0.0655. The summed E-state index contributed by atoms with van der Waals surface area (Å²) in [5.41, 5.74) is 1.55. The lowest BCUT2D eigenvalue weighted by molar-refractivity contribution is -0.139. The van der Waals surface area contributed by atoms with Gasteiger partial charge in [-0.15, -0.1) is 0 Å². The molecule has 0 spiro atoms. The molecule has 186 valence electrons. The van der Waals surface area contributed by atoms with Crippen molar-refractivity contribution in [1.29, 1.82) is 0 Å². The Balaban J connectivity index is 1.40. The first-order valence-corrected chi connectivity index (χ1v) is 12.6. The number of carbonyl (C=O) groups is 3. The predicted molar refractivity (Wildman–Crippen MR) is 137 cm³/mol. The van der Waals surface area contributed by atoms with Crippen molar-refractivity contribution in [1.82, 2.24) is 10.2 Å². The standard InChI is InChI=1S/C29H30FN3O3/c1-19(28(35)31-22-12-3-2-4-13-22)32(17-21-9-5-6-15-24(21)30)26(34)18-33-25-16-8-11-20-10-7-14-23(27(20)25)29(33)36/h5-11,14-16,19,22H,2-4,12-13,17-18H2,1H3,(H,31,35)/t19-/m0/s1. The van der Waals surface area contributed by atoms with E-state index < -0.39 is 17.8 Å². The van der Waals surface area contributed by atoms with Gasteiger partial charge in [-0.05, 0) is 43.4 Å². The molecule has 5 rings (SSSR count). The van der Waals surface area contributed by atoms with Gasteiger partial charge in [0.15, 0.2) is 0 Å². The molecule has 7 heteroatoms. The number of nitrogens with zero attached hydrogens (tertiary/aromatic N) is 2. The third-order valence-electron chi connectivity index (χ3n) is 7.36. The Hall–Kier alpha value is -3.74. The molecular formula is C29H30FN3O3. The molecular weight excluding hydrogens is 457 g/mol. The lowest BCUT2D eigenvalue weighted by Crippen LogP contribution is -2.52. The van der Waals surface area contributed by atoms with E-state index in [-0.39, 0.29) is 30.9 Å². The summed E-state index contributed by atoms with van der Waals surface area (Å²) in [5, 5.41) is 4.83. The molecule has 1 N–H and O–H groups in total. The van der Waals surface area contributed by atoms with Crippen LogP contribution in [0.4, 0.5) is 10.1 Å². The second-order valence-electron chi connectivity index (χ2n) is 9.70. The number of hydrogen-bond donors (Lipinski definition) is 1. The summed E-state index contributed by atoms with van der Waals surface area (Å²) in [5.74, 6) is -1.36.